The summed E-state index contributed by atoms with van der Waals surface area (Å²) in [5, 5.41) is 22.6. The summed E-state index contributed by atoms with van der Waals surface area (Å²) in [4.78, 5) is 21.3. The van der Waals surface area contributed by atoms with Gasteiger partial charge in [-0.25, -0.2) is 0 Å². The number of carbonyl (C=O) groups excluding carboxylic acids is 2. The van der Waals surface area contributed by atoms with E-state index in [0.717, 1.165) is 0 Å². The second kappa shape index (κ2) is 4.69. The molecule has 0 aliphatic heterocycles. The average molecular weight is 202 g/mol. The van der Waals surface area contributed by atoms with Crippen LogP contribution < -0.4 is 10.2 Å². The summed E-state index contributed by atoms with van der Waals surface area (Å²) in [7, 11) is 0. The number of rotatable bonds is 2. The lowest BCUT2D eigenvalue weighted by Gasteiger charge is -2.43. The quantitative estimate of drug-likeness (QED) is 0.538. The molecule has 0 spiro atoms. The fraction of sp³-hybridized carbons (Fsp3) is 0.750. The molecule has 0 radical (unpaired) electrons. The van der Waals surface area contributed by atoms with Crippen LogP contribution in [0.15, 0.2) is 0 Å². The van der Waals surface area contributed by atoms with Gasteiger partial charge < -0.3 is 19.8 Å². The number of hydrogen-bond acceptors (Lipinski definition) is 4. The van der Waals surface area contributed by atoms with Gasteiger partial charge in [0.05, 0.1) is 0 Å². The van der Waals surface area contributed by atoms with Crippen molar-refractivity contribution >= 4 is 12.2 Å². The molecule has 0 aromatic rings. The largest absolute Gasteiger partial charge is 0.529 e. The molecule has 6 heteroatoms. The van der Waals surface area contributed by atoms with Gasteiger partial charge in [0.1, 0.15) is 0 Å². The molecule has 0 aliphatic carbocycles. The molecule has 0 atom stereocenters. The minimum absolute atomic E-state index is 0.514. The maximum atomic E-state index is 10.7. The van der Waals surface area contributed by atoms with Gasteiger partial charge in [-0.1, -0.05) is 0 Å². The van der Waals surface area contributed by atoms with Crippen LogP contribution in [0.1, 0.15) is 27.7 Å². The van der Waals surface area contributed by atoms with Crippen LogP contribution in [0.25, 0.3) is 0 Å². The summed E-state index contributed by atoms with van der Waals surface area (Å²) in [6.45, 7) is 6.20. The van der Waals surface area contributed by atoms with Crippen LogP contribution in [0, 0.1) is 0 Å². The Morgan fingerprint density at radius 2 is 1.07 bits per heavy atom. The highest BCUT2D eigenvalue weighted by Gasteiger charge is 2.21. The van der Waals surface area contributed by atoms with Gasteiger partial charge in [-0.2, -0.15) is 0 Å². The highest BCUT2D eigenvalue weighted by Crippen LogP contribution is 2.08. The summed E-state index contributed by atoms with van der Waals surface area (Å²) < 4.78 is 0. The molecule has 6 nitrogen and oxygen atoms in total. The first-order chi connectivity index (χ1) is 6.29. The van der Waals surface area contributed by atoms with Gasteiger partial charge in [-0.15, -0.1) is 0 Å². The summed E-state index contributed by atoms with van der Waals surface area (Å²) in [5.74, 6) is 0. The van der Waals surface area contributed by atoms with Crippen LogP contribution in [0.5, 0.6) is 0 Å². The SMILES string of the molecule is CC(C)N(C(=O)[O-])N(C(=O)[O-])C(C)C. The topological polar surface area (TPSA) is 86.7 Å². The third-order valence-electron chi connectivity index (χ3n) is 1.58. The van der Waals surface area contributed by atoms with Crippen LogP contribution in [0.4, 0.5) is 9.59 Å². The summed E-state index contributed by atoms with van der Waals surface area (Å²) in [6.07, 6.45) is -3.12. The highest BCUT2D eigenvalue weighted by molar-refractivity contribution is 5.69. The molecule has 0 bridgehead atoms. The number of amides is 2. The monoisotopic (exact) mass is 202 g/mol. The van der Waals surface area contributed by atoms with Crippen molar-refractivity contribution in [2.24, 2.45) is 0 Å². The van der Waals surface area contributed by atoms with Gasteiger partial charge in [0, 0.05) is 12.1 Å². The van der Waals surface area contributed by atoms with Gasteiger partial charge in [0.15, 0.2) is 12.2 Å². The Morgan fingerprint density at radius 1 is 0.857 bits per heavy atom. The highest BCUT2D eigenvalue weighted by atomic mass is 16.4. The smallest absolute Gasteiger partial charge is 0.157 e. The first-order valence-corrected chi connectivity index (χ1v) is 4.29. The van der Waals surface area contributed by atoms with Crippen molar-refractivity contribution in [3.05, 3.63) is 0 Å². The second-order valence-electron chi connectivity index (χ2n) is 3.41. The van der Waals surface area contributed by atoms with E-state index >= 15 is 0 Å². The van der Waals surface area contributed by atoms with Crippen molar-refractivity contribution in [1.82, 2.24) is 10.0 Å². The molecule has 0 N–H and O–H groups in total. The lowest BCUT2D eigenvalue weighted by molar-refractivity contribution is -0.311. The van der Waals surface area contributed by atoms with Gasteiger partial charge >= 0.3 is 0 Å². The number of nitrogens with zero attached hydrogens (tertiary/aromatic N) is 2. The maximum absolute atomic E-state index is 10.7. The van der Waals surface area contributed by atoms with Crippen molar-refractivity contribution in [3.8, 4) is 0 Å². The molecule has 0 fully saturated rings. The van der Waals surface area contributed by atoms with Crippen LogP contribution in [-0.4, -0.2) is 34.3 Å². The molecule has 0 aromatic heterocycles. The minimum atomic E-state index is -1.56. The van der Waals surface area contributed by atoms with Gasteiger partial charge in [-0.3, -0.25) is 10.0 Å². The van der Waals surface area contributed by atoms with E-state index in [1.165, 1.54) is 0 Å². The van der Waals surface area contributed by atoms with Crippen LogP contribution >= 0.6 is 0 Å². The summed E-state index contributed by atoms with van der Waals surface area (Å²) in [5.41, 5.74) is 0. The zero-order valence-electron chi connectivity index (χ0n) is 8.68. The Hall–Kier alpha value is -1.46. The summed E-state index contributed by atoms with van der Waals surface area (Å²) >= 11 is 0. The van der Waals surface area contributed by atoms with E-state index in [9.17, 15) is 19.8 Å². The zero-order valence-corrected chi connectivity index (χ0v) is 8.68. The lowest BCUT2D eigenvalue weighted by atomic mass is 10.3. The Kier molecular flexibility index (Phi) is 4.20. The van der Waals surface area contributed by atoms with Gasteiger partial charge in [-0.05, 0) is 27.7 Å². The zero-order chi connectivity index (χ0) is 11.5. The van der Waals surface area contributed by atoms with Crippen molar-refractivity contribution in [3.63, 3.8) is 0 Å². The molecular weight excluding hydrogens is 188 g/mol. The third kappa shape index (κ3) is 2.79. The van der Waals surface area contributed by atoms with E-state index < -0.39 is 24.3 Å². The standard InChI is InChI=1S/C8H16N2O4/c1-5(2)9(7(11)12)10(6(3)4)8(13)14/h5-6H,1-4H3,(H,11,12)(H,13,14)/p-2. The fourth-order valence-electron chi connectivity index (χ4n) is 1.10. The molecule has 2 amide bonds. The molecule has 14 heavy (non-hydrogen) atoms. The van der Waals surface area contributed by atoms with Crippen molar-refractivity contribution in [1.29, 1.82) is 0 Å². The third-order valence-corrected chi connectivity index (χ3v) is 1.58. The second-order valence-corrected chi connectivity index (χ2v) is 3.41. The van der Waals surface area contributed by atoms with E-state index in [1.807, 2.05) is 0 Å². The fourth-order valence-corrected chi connectivity index (χ4v) is 1.10. The Morgan fingerprint density at radius 3 is 1.14 bits per heavy atom. The predicted octanol–water partition coefficient (Wildman–Crippen LogP) is -0.991. The normalized spacial score (nSPS) is 10.4. The Bertz CT molecular complexity index is 203. The molecular formula is C8H14N2O4-2. The van der Waals surface area contributed by atoms with E-state index in [2.05, 4.69) is 0 Å². The molecule has 0 aromatic carbocycles. The molecule has 0 saturated heterocycles. The average Bonchev–Trinajstić information content (AvgIpc) is 1.96. The van der Waals surface area contributed by atoms with Crippen molar-refractivity contribution < 1.29 is 19.8 Å². The Labute approximate surface area is 82.7 Å². The lowest BCUT2D eigenvalue weighted by Crippen LogP contribution is -2.62. The van der Waals surface area contributed by atoms with E-state index in [-0.39, 0.29) is 0 Å². The Balaban J connectivity index is 4.93. The molecule has 0 rings (SSSR count). The number of carbonyl (C=O) groups is 2. The number of carboxylic acid groups (broad SMARTS) is 2. The molecule has 0 aliphatic rings. The van der Waals surface area contributed by atoms with Crippen LogP contribution in [-0.2, 0) is 0 Å². The van der Waals surface area contributed by atoms with E-state index in [4.69, 9.17) is 0 Å². The van der Waals surface area contributed by atoms with Crippen LogP contribution in [0.3, 0.4) is 0 Å². The first-order valence-electron chi connectivity index (χ1n) is 4.29. The molecule has 0 heterocycles. The molecule has 82 valence electrons. The van der Waals surface area contributed by atoms with E-state index in [1.54, 1.807) is 27.7 Å². The predicted molar refractivity (Wildman–Crippen MR) is 44.7 cm³/mol. The first kappa shape index (κ1) is 12.5. The number of hydrazine groups is 1. The van der Waals surface area contributed by atoms with Crippen molar-refractivity contribution in [2.75, 3.05) is 0 Å². The molecule has 0 saturated carbocycles. The van der Waals surface area contributed by atoms with Crippen LogP contribution in [0.2, 0.25) is 0 Å². The van der Waals surface area contributed by atoms with Gasteiger partial charge in [0.25, 0.3) is 0 Å². The maximum Gasteiger partial charge on any atom is 0.157 e. The molecule has 0 unspecified atom stereocenters. The number of hydrogen-bond donors (Lipinski definition) is 0. The minimum Gasteiger partial charge on any atom is -0.529 e. The van der Waals surface area contributed by atoms with Crippen molar-refractivity contribution in [2.45, 2.75) is 39.8 Å². The summed E-state index contributed by atoms with van der Waals surface area (Å²) in [6, 6.07) is -1.03. The van der Waals surface area contributed by atoms with Gasteiger partial charge in [0.2, 0.25) is 0 Å². The van der Waals surface area contributed by atoms with E-state index in [0.29, 0.717) is 10.0 Å².